The highest BCUT2D eigenvalue weighted by Gasteiger charge is 2.25. The summed E-state index contributed by atoms with van der Waals surface area (Å²) < 4.78 is 27.9. The number of nitrogens with one attached hydrogen (secondary N) is 1. The van der Waals surface area contributed by atoms with E-state index >= 15 is 0 Å². The molecular formula is C22H20F2N4O2. The number of nitrogens with two attached hydrogens (primary N) is 1. The Balaban J connectivity index is 2.19. The van der Waals surface area contributed by atoms with Gasteiger partial charge in [0, 0.05) is 46.3 Å². The van der Waals surface area contributed by atoms with Crippen molar-refractivity contribution in [2.24, 2.45) is 11.1 Å². The van der Waals surface area contributed by atoms with Crippen molar-refractivity contribution >= 4 is 17.6 Å². The Kier molecular flexibility index (Phi) is 5.60. The topological polar surface area (TPSA) is 98.0 Å². The number of pyridine rings is 2. The molecule has 0 atom stereocenters. The predicted octanol–water partition coefficient (Wildman–Crippen LogP) is 4.17. The van der Waals surface area contributed by atoms with E-state index in [1.807, 2.05) is 0 Å². The number of rotatable bonds is 4. The van der Waals surface area contributed by atoms with Crippen molar-refractivity contribution in [3.8, 4) is 22.3 Å². The highest BCUT2D eigenvalue weighted by Crippen LogP contribution is 2.34. The van der Waals surface area contributed by atoms with E-state index in [1.165, 1.54) is 42.9 Å². The van der Waals surface area contributed by atoms with Gasteiger partial charge in [0.05, 0.1) is 5.56 Å². The van der Waals surface area contributed by atoms with Crippen LogP contribution in [0.1, 0.15) is 31.1 Å². The van der Waals surface area contributed by atoms with Gasteiger partial charge in [-0.15, -0.1) is 0 Å². The number of halogens is 2. The lowest BCUT2D eigenvalue weighted by Gasteiger charge is -2.20. The lowest BCUT2D eigenvalue weighted by Crippen LogP contribution is -2.28. The zero-order valence-corrected chi connectivity index (χ0v) is 16.7. The van der Waals surface area contributed by atoms with Gasteiger partial charge < -0.3 is 11.1 Å². The number of primary amides is 1. The Hall–Kier alpha value is -3.68. The van der Waals surface area contributed by atoms with E-state index in [0.717, 1.165) is 6.07 Å². The smallest absolute Gasteiger partial charge is 0.249 e. The summed E-state index contributed by atoms with van der Waals surface area (Å²) in [6.45, 7) is 5.19. The van der Waals surface area contributed by atoms with Gasteiger partial charge in [0.25, 0.3) is 0 Å². The minimum atomic E-state index is -1.01. The maximum absolute atomic E-state index is 14.3. The molecule has 2 amide bonds. The van der Waals surface area contributed by atoms with Crippen molar-refractivity contribution in [1.82, 2.24) is 9.97 Å². The monoisotopic (exact) mass is 410 g/mol. The Bertz CT molecular complexity index is 1140. The second-order valence-electron chi connectivity index (χ2n) is 7.71. The molecule has 0 spiro atoms. The van der Waals surface area contributed by atoms with Crippen molar-refractivity contribution in [2.75, 3.05) is 5.32 Å². The number of hydrogen-bond donors (Lipinski definition) is 2. The molecule has 0 bridgehead atoms. The van der Waals surface area contributed by atoms with Crippen LogP contribution < -0.4 is 11.1 Å². The fraction of sp³-hybridized carbons (Fsp3) is 0.182. The van der Waals surface area contributed by atoms with Crippen molar-refractivity contribution in [3.05, 3.63) is 66.1 Å². The molecule has 3 aromatic rings. The minimum absolute atomic E-state index is 0.00847. The van der Waals surface area contributed by atoms with Gasteiger partial charge in [0.1, 0.15) is 5.82 Å². The molecule has 6 nitrogen and oxygen atoms in total. The standard InChI is InChI=1S/C22H20F2N4O2/c1-22(2,3)21(30)28-20-17(15(19(25)29)7-8-27-20)13-9-12(10-26-11-13)14-5-4-6-16(23)18(14)24/h4-11H,1-3H3,(H2,25,29)(H,27,28,30). The Morgan fingerprint density at radius 2 is 1.77 bits per heavy atom. The summed E-state index contributed by atoms with van der Waals surface area (Å²) in [6.07, 6.45) is 4.15. The van der Waals surface area contributed by atoms with Crippen LogP contribution in [0.25, 0.3) is 22.3 Å². The number of carbonyl (C=O) groups excluding carboxylic acids is 2. The molecule has 154 valence electrons. The van der Waals surface area contributed by atoms with Gasteiger partial charge in [0.15, 0.2) is 11.6 Å². The third kappa shape index (κ3) is 4.17. The van der Waals surface area contributed by atoms with Crippen molar-refractivity contribution in [2.45, 2.75) is 20.8 Å². The van der Waals surface area contributed by atoms with Gasteiger partial charge in [0.2, 0.25) is 11.8 Å². The number of benzene rings is 1. The summed E-state index contributed by atoms with van der Waals surface area (Å²) in [5.74, 6) is -2.95. The summed E-state index contributed by atoms with van der Waals surface area (Å²) in [5.41, 5.74) is 5.81. The van der Waals surface area contributed by atoms with Crippen molar-refractivity contribution in [1.29, 1.82) is 0 Å². The lowest BCUT2D eigenvalue weighted by molar-refractivity contribution is -0.123. The fourth-order valence-corrected chi connectivity index (χ4v) is 2.80. The minimum Gasteiger partial charge on any atom is -0.366 e. The first-order chi connectivity index (χ1) is 14.1. The summed E-state index contributed by atoms with van der Waals surface area (Å²) >= 11 is 0. The maximum Gasteiger partial charge on any atom is 0.249 e. The molecule has 0 fully saturated rings. The molecule has 0 unspecified atom stereocenters. The maximum atomic E-state index is 14.3. The molecule has 0 aliphatic heterocycles. The van der Waals surface area contributed by atoms with Crippen molar-refractivity contribution < 1.29 is 18.4 Å². The van der Waals surface area contributed by atoms with E-state index in [0.29, 0.717) is 5.56 Å². The molecular weight excluding hydrogens is 390 g/mol. The highest BCUT2D eigenvalue weighted by atomic mass is 19.2. The Morgan fingerprint density at radius 3 is 2.43 bits per heavy atom. The normalized spacial score (nSPS) is 11.2. The van der Waals surface area contributed by atoms with Gasteiger partial charge in [-0.3, -0.25) is 14.6 Å². The molecule has 0 saturated heterocycles. The SMILES string of the molecule is CC(C)(C)C(=O)Nc1nccc(C(N)=O)c1-c1cncc(-c2cccc(F)c2F)c1. The van der Waals surface area contributed by atoms with Crippen LogP contribution in [0.15, 0.2) is 48.9 Å². The van der Waals surface area contributed by atoms with E-state index in [4.69, 9.17) is 5.73 Å². The Morgan fingerprint density at radius 1 is 1.07 bits per heavy atom. The Labute approximate surface area is 172 Å². The van der Waals surface area contributed by atoms with Gasteiger partial charge >= 0.3 is 0 Å². The lowest BCUT2D eigenvalue weighted by atomic mass is 9.94. The second kappa shape index (κ2) is 7.98. The quantitative estimate of drug-likeness (QED) is 0.674. The number of nitrogens with zero attached hydrogens (tertiary/aromatic N) is 2. The highest BCUT2D eigenvalue weighted by molar-refractivity contribution is 6.05. The zero-order valence-electron chi connectivity index (χ0n) is 16.7. The first kappa shape index (κ1) is 21.0. The molecule has 2 heterocycles. The molecule has 8 heteroatoms. The molecule has 3 rings (SSSR count). The summed E-state index contributed by atoms with van der Waals surface area (Å²) in [6, 6.07) is 6.76. The zero-order chi connectivity index (χ0) is 22.1. The van der Waals surface area contributed by atoms with Crippen LogP contribution in [-0.2, 0) is 4.79 Å². The average molecular weight is 410 g/mol. The second-order valence-corrected chi connectivity index (χ2v) is 7.71. The number of anilines is 1. The third-order valence-corrected chi connectivity index (χ3v) is 4.42. The summed E-state index contributed by atoms with van der Waals surface area (Å²) in [4.78, 5) is 32.8. The van der Waals surface area contributed by atoms with Crippen LogP contribution in [-0.4, -0.2) is 21.8 Å². The third-order valence-electron chi connectivity index (χ3n) is 4.42. The first-order valence-electron chi connectivity index (χ1n) is 9.09. The van der Waals surface area contributed by atoms with Crippen LogP contribution in [0.5, 0.6) is 0 Å². The number of aromatic nitrogens is 2. The van der Waals surface area contributed by atoms with Gasteiger partial charge in [-0.25, -0.2) is 13.8 Å². The van der Waals surface area contributed by atoms with Crippen LogP contribution >= 0.6 is 0 Å². The first-order valence-corrected chi connectivity index (χ1v) is 9.09. The van der Waals surface area contributed by atoms with Gasteiger partial charge in [-0.05, 0) is 18.2 Å². The van der Waals surface area contributed by atoms with E-state index in [-0.39, 0.29) is 34.0 Å². The van der Waals surface area contributed by atoms with Crippen LogP contribution in [0, 0.1) is 17.0 Å². The van der Waals surface area contributed by atoms with Crippen molar-refractivity contribution in [3.63, 3.8) is 0 Å². The molecule has 0 aliphatic rings. The number of hydrogen-bond acceptors (Lipinski definition) is 4. The van der Waals surface area contributed by atoms with Crippen LogP contribution in [0.2, 0.25) is 0 Å². The fourth-order valence-electron chi connectivity index (χ4n) is 2.80. The van der Waals surface area contributed by atoms with Gasteiger partial charge in [-0.2, -0.15) is 0 Å². The molecule has 30 heavy (non-hydrogen) atoms. The molecule has 0 radical (unpaired) electrons. The van der Waals surface area contributed by atoms with E-state index < -0.39 is 23.0 Å². The summed E-state index contributed by atoms with van der Waals surface area (Å²) in [5, 5.41) is 2.70. The summed E-state index contributed by atoms with van der Waals surface area (Å²) in [7, 11) is 0. The van der Waals surface area contributed by atoms with Crippen LogP contribution in [0.4, 0.5) is 14.6 Å². The largest absolute Gasteiger partial charge is 0.366 e. The van der Waals surface area contributed by atoms with E-state index in [9.17, 15) is 18.4 Å². The number of carbonyl (C=O) groups is 2. The van der Waals surface area contributed by atoms with E-state index in [1.54, 1.807) is 20.8 Å². The average Bonchev–Trinajstić information content (AvgIpc) is 2.69. The molecule has 2 aromatic heterocycles. The predicted molar refractivity (Wildman–Crippen MR) is 109 cm³/mol. The molecule has 1 aromatic carbocycles. The van der Waals surface area contributed by atoms with E-state index in [2.05, 4.69) is 15.3 Å². The molecule has 0 saturated carbocycles. The van der Waals surface area contributed by atoms with Crippen LogP contribution in [0.3, 0.4) is 0 Å². The molecule has 3 N–H and O–H groups in total. The number of amides is 2. The molecule has 0 aliphatic carbocycles. The van der Waals surface area contributed by atoms with Gasteiger partial charge in [-0.1, -0.05) is 32.9 Å².